The largest absolute Gasteiger partial charge is 0.496 e. The molecule has 2 aliphatic rings. The number of hydrogen-bond donors (Lipinski definition) is 0. The van der Waals surface area contributed by atoms with E-state index in [-0.39, 0.29) is 24.1 Å². The Balaban J connectivity index is 2.02. The number of carbonyl (C=O) groups is 2. The molecule has 2 saturated heterocycles. The van der Waals surface area contributed by atoms with Gasteiger partial charge < -0.3 is 14.4 Å². The van der Waals surface area contributed by atoms with Crippen LogP contribution in [0.1, 0.15) is 50.8 Å². The van der Waals surface area contributed by atoms with E-state index in [1.54, 1.807) is 12.0 Å². The molecule has 0 radical (unpaired) electrons. The van der Waals surface area contributed by atoms with Crippen LogP contribution in [0.5, 0.6) is 5.75 Å². The van der Waals surface area contributed by atoms with E-state index in [9.17, 15) is 9.59 Å². The van der Waals surface area contributed by atoms with Gasteiger partial charge in [0.15, 0.2) is 0 Å². The zero-order valence-corrected chi connectivity index (χ0v) is 16.2. The molecule has 26 heavy (non-hydrogen) atoms. The molecule has 2 atom stereocenters. The number of benzene rings is 1. The molecule has 0 aromatic heterocycles. The van der Waals surface area contributed by atoms with Gasteiger partial charge in [0.2, 0.25) is 5.91 Å². The van der Waals surface area contributed by atoms with Gasteiger partial charge in [-0.3, -0.25) is 9.69 Å². The van der Waals surface area contributed by atoms with Gasteiger partial charge in [0.05, 0.1) is 19.2 Å². The molecule has 0 N–H and O–H groups in total. The van der Waals surface area contributed by atoms with Crippen molar-refractivity contribution in [2.24, 2.45) is 0 Å². The van der Waals surface area contributed by atoms with Gasteiger partial charge in [0.25, 0.3) is 0 Å². The fraction of sp³-hybridized carbons (Fsp3) is 0.600. The number of piperazine rings is 1. The Kier molecular flexibility index (Phi) is 4.86. The van der Waals surface area contributed by atoms with Gasteiger partial charge in [0.1, 0.15) is 11.4 Å². The first kappa shape index (κ1) is 18.5. The number of carbonyl (C=O) groups excluding carboxylic acids is 2. The molecule has 142 valence electrons. The molecule has 6 nitrogen and oxygen atoms in total. The number of fused-ring (bicyclic) bond motifs is 1. The molecule has 0 saturated carbocycles. The maximum atomic E-state index is 12.9. The lowest BCUT2D eigenvalue weighted by Crippen LogP contribution is -2.56. The lowest BCUT2D eigenvalue weighted by molar-refractivity contribution is -0.132. The highest BCUT2D eigenvalue weighted by Gasteiger charge is 2.46. The number of methoxy groups -OCH3 is 1. The fourth-order valence-electron chi connectivity index (χ4n) is 4.01. The van der Waals surface area contributed by atoms with Crippen molar-refractivity contribution in [2.75, 3.05) is 20.2 Å². The Morgan fingerprint density at radius 3 is 2.62 bits per heavy atom. The average Bonchev–Trinajstić information content (AvgIpc) is 2.94. The van der Waals surface area contributed by atoms with Crippen molar-refractivity contribution in [1.29, 1.82) is 0 Å². The number of ether oxygens (including phenoxy) is 2. The van der Waals surface area contributed by atoms with Crippen LogP contribution in [-0.2, 0) is 9.53 Å². The van der Waals surface area contributed by atoms with E-state index in [0.717, 1.165) is 23.3 Å². The maximum Gasteiger partial charge on any atom is 0.410 e. The van der Waals surface area contributed by atoms with E-state index in [1.807, 2.05) is 50.8 Å². The monoisotopic (exact) mass is 360 g/mol. The van der Waals surface area contributed by atoms with E-state index >= 15 is 0 Å². The molecule has 0 aliphatic carbocycles. The van der Waals surface area contributed by atoms with Crippen LogP contribution in [0.15, 0.2) is 18.2 Å². The zero-order valence-electron chi connectivity index (χ0n) is 16.2. The van der Waals surface area contributed by atoms with Crippen molar-refractivity contribution < 1.29 is 19.1 Å². The number of nitrogens with zero attached hydrogens (tertiary/aromatic N) is 2. The highest BCUT2D eigenvalue weighted by Crippen LogP contribution is 2.40. The Morgan fingerprint density at radius 1 is 1.23 bits per heavy atom. The molecule has 2 heterocycles. The van der Waals surface area contributed by atoms with Crippen molar-refractivity contribution in [2.45, 2.75) is 58.2 Å². The SMILES string of the molecule is COc1cccc(C2C3CCC(=O)N3CCN2C(=O)OC(C)(C)C)c1C. The third kappa shape index (κ3) is 3.37. The molecule has 0 bridgehead atoms. The molecular formula is C20H28N2O4. The van der Waals surface area contributed by atoms with E-state index in [1.165, 1.54) is 0 Å². The summed E-state index contributed by atoms with van der Waals surface area (Å²) in [5.41, 5.74) is 1.45. The summed E-state index contributed by atoms with van der Waals surface area (Å²) in [6.45, 7) is 8.63. The second kappa shape index (κ2) is 6.82. The van der Waals surface area contributed by atoms with Gasteiger partial charge in [-0.15, -0.1) is 0 Å². The van der Waals surface area contributed by atoms with Crippen molar-refractivity contribution in [3.05, 3.63) is 29.3 Å². The summed E-state index contributed by atoms with van der Waals surface area (Å²) in [5, 5.41) is 0. The van der Waals surface area contributed by atoms with Gasteiger partial charge in [-0.1, -0.05) is 12.1 Å². The topological polar surface area (TPSA) is 59.1 Å². The first-order valence-electron chi connectivity index (χ1n) is 9.15. The minimum atomic E-state index is -0.562. The first-order chi connectivity index (χ1) is 12.2. The Morgan fingerprint density at radius 2 is 1.96 bits per heavy atom. The van der Waals surface area contributed by atoms with Crippen LogP contribution in [0.25, 0.3) is 0 Å². The Labute approximate surface area is 155 Å². The third-order valence-corrected chi connectivity index (χ3v) is 5.15. The van der Waals surface area contributed by atoms with Crippen LogP contribution < -0.4 is 4.74 Å². The highest BCUT2D eigenvalue weighted by atomic mass is 16.6. The minimum absolute atomic E-state index is 0.0189. The smallest absolute Gasteiger partial charge is 0.410 e. The molecule has 0 spiro atoms. The van der Waals surface area contributed by atoms with E-state index in [0.29, 0.717) is 19.5 Å². The number of rotatable bonds is 2. The fourth-order valence-corrected chi connectivity index (χ4v) is 4.01. The lowest BCUT2D eigenvalue weighted by Gasteiger charge is -2.45. The summed E-state index contributed by atoms with van der Waals surface area (Å²) in [4.78, 5) is 28.9. The van der Waals surface area contributed by atoms with E-state index in [2.05, 4.69) is 0 Å². The first-order valence-corrected chi connectivity index (χ1v) is 9.15. The van der Waals surface area contributed by atoms with Gasteiger partial charge >= 0.3 is 6.09 Å². The summed E-state index contributed by atoms with van der Waals surface area (Å²) in [5.74, 6) is 0.956. The summed E-state index contributed by atoms with van der Waals surface area (Å²) in [6.07, 6.45) is 0.954. The lowest BCUT2D eigenvalue weighted by atomic mass is 9.90. The summed E-state index contributed by atoms with van der Waals surface area (Å²) < 4.78 is 11.1. The van der Waals surface area contributed by atoms with Crippen LogP contribution in [0.2, 0.25) is 0 Å². The van der Waals surface area contributed by atoms with Crippen LogP contribution in [0, 0.1) is 6.92 Å². The standard InChI is InChI=1S/C20H28N2O4/c1-13-14(7-6-8-16(13)25-5)18-15-9-10-17(23)21(15)11-12-22(18)19(24)26-20(2,3)4/h6-8,15,18H,9-12H2,1-5H3. The van der Waals surface area contributed by atoms with Crippen molar-refractivity contribution in [1.82, 2.24) is 9.80 Å². The third-order valence-electron chi connectivity index (χ3n) is 5.15. The second-order valence-corrected chi connectivity index (χ2v) is 7.99. The second-order valence-electron chi connectivity index (χ2n) is 7.99. The summed E-state index contributed by atoms with van der Waals surface area (Å²) in [7, 11) is 1.64. The van der Waals surface area contributed by atoms with Crippen LogP contribution >= 0.6 is 0 Å². The number of hydrogen-bond acceptors (Lipinski definition) is 4. The molecule has 2 unspecified atom stereocenters. The predicted octanol–water partition coefficient (Wildman–Crippen LogP) is 3.29. The minimum Gasteiger partial charge on any atom is -0.496 e. The van der Waals surface area contributed by atoms with Crippen molar-refractivity contribution in [3.63, 3.8) is 0 Å². The number of amides is 2. The Bertz CT molecular complexity index is 710. The average molecular weight is 360 g/mol. The Hall–Kier alpha value is -2.24. The summed E-state index contributed by atoms with van der Waals surface area (Å²) in [6, 6.07) is 5.63. The molecule has 2 aliphatic heterocycles. The maximum absolute atomic E-state index is 12.9. The highest BCUT2D eigenvalue weighted by molar-refractivity contribution is 5.80. The van der Waals surface area contributed by atoms with Gasteiger partial charge in [-0.25, -0.2) is 4.79 Å². The molecule has 1 aromatic carbocycles. The molecule has 2 fully saturated rings. The van der Waals surface area contributed by atoms with Crippen molar-refractivity contribution >= 4 is 12.0 Å². The molecule has 6 heteroatoms. The molecular weight excluding hydrogens is 332 g/mol. The molecule has 3 rings (SSSR count). The van der Waals surface area contributed by atoms with E-state index in [4.69, 9.17) is 9.47 Å². The molecule has 2 amide bonds. The van der Waals surface area contributed by atoms with Crippen LogP contribution in [0.4, 0.5) is 4.79 Å². The van der Waals surface area contributed by atoms with Gasteiger partial charge in [-0.2, -0.15) is 0 Å². The molecule has 1 aromatic rings. The van der Waals surface area contributed by atoms with Gasteiger partial charge in [-0.05, 0) is 51.3 Å². The van der Waals surface area contributed by atoms with Gasteiger partial charge in [0, 0.05) is 19.5 Å². The van der Waals surface area contributed by atoms with Crippen molar-refractivity contribution in [3.8, 4) is 5.75 Å². The quantitative estimate of drug-likeness (QED) is 0.812. The summed E-state index contributed by atoms with van der Waals surface area (Å²) >= 11 is 0. The zero-order chi connectivity index (χ0) is 19.1. The van der Waals surface area contributed by atoms with Crippen LogP contribution in [-0.4, -0.2) is 53.6 Å². The normalized spacial score (nSPS) is 23.0. The predicted molar refractivity (Wildman–Crippen MR) is 98.1 cm³/mol. The van der Waals surface area contributed by atoms with Crippen LogP contribution in [0.3, 0.4) is 0 Å². The van der Waals surface area contributed by atoms with E-state index < -0.39 is 5.60 Å².